The monoisotopic (exact) mass is 471 g/mol. The van der Waals surface area contributed by atoms with Crippen LogP contribution in [0.25, 0.3) is 5.76 Å². The van der Waals surface area contributed by atoms with E-state index in [9.17, 15) is 19.8 Å². The highest BCUT2D eigenvalue weighted by Gasteiger charge is 2.45. The smallest absolute Gasteiger partial charge is 0.295 e. The van der Waals surface area contributed by atoms with Gasteiger partial charge in [-0.25, -0.2) is 0 Å². The number of rotatable bonds is 8. The van der Waals surface area contributed by atoms with Crippen LogP contribution in [0.5, 0.6) is 11.5 Å². The quantitative estimate of drug-likeness (QED) is 0.289. The van der Waals surface area contributed by atoms with E-state index in [0.29, 0.717) is 36.4 Å². The number of carbonyl (C=O) groups is 2. The number of Topliss-reactive ketones (excluding diaryl/α,β-unsaturated/α-hetero) is 1. The van der Waals surface area contributed by atoms with E-state index in [1.165, 1.54) is 17.0 Å². The van der Waals surface area contributed by atoms with Gasteiger partial charge in [-0.15, -0.1) is 0 Å². The van der Waals surface area contributed by atoms with E-state index in [-0.39, 0.29) is 28.0 Å². The van der Waals surface area contributed by atoms with E-state index in [1.54, 1.807) is 24.3 Å². The van der Waals surface area contributed by atoms with Crippen LogP contribution >= 0.6 is 11.6 Å². The maximum atomic E-state index is 13.1. The minimum absolute atomic E-state index is 0.0109. The Morgan fingerprint density at radius 2 is 1.88 bits per heavy atom. The standard InChI is InChI=1S/C26H30ClNO5/c1-5-7-12-28-23(16-8-10-20(29)19(27)14-16)22(25(31)26(28)32)24(30)17-9-11-21(33-6-2)18(13-17)15(3)4/h8-11,13-15,23,29-30H,5-7,12H2,1-4H3/b24-22-. The number of ketones is 1. The summed E-state index contributed by atoms with van der Waals surface area (Å²) >= 11 is 6.13. The fourth-order valence-electron chi connectivity index (χ4n) is 4.07. The molecule has 176 valence electrons. The van der Waals surface area contributed by atoms with Crippen molar-refractivity contribution in [2.24, 2.45) is 0 Å². The number of ether oxygens (including phenoxy) is 1. The summed E-state index contributed by atoms with van der Waals surface area (Å²) in [5.74, 6) is -0.898. The number of carbonyl (C=O) groups excluding carboxylic acids is 2. The highest BCUT2D eigenvalue weighted by molar-refractivity contribution is 6.46. The second-order valence-corrected chi connectivity index (χ2v) is 8.80. The number of nitrogens with zero attached hydrogens (tertiary/aromatic N) is 1. The van der Waals surface area contributed by atoms with E-state index in [0.717, 1.165) is 12.0 Å². The Bertz CT molecular complexity index is 1090. The molecule has 1 aliphatic heterocycles. The third kappa shape index (κ3) is 4.86. The summed E-state index contributed by atoms with van der Waals surface area (Å²) in [5, 5.41) is 21.2. The topological polar surface area (TPSA) is 87.1 Å². The molecule has 2 N–H and O–H groups in total. The molecule has 0 aliphatic carbocycles. The zero-order valence-electron chi connectivity index (χ0n) is 19.4. The van der Waals surface area contributed by atoms with Gasteiger partial charge in [-0.2, -0.15) is 0 Å². The number of aromatic hydroxyl groups is 1. The Labute approximate surface area is 199 Å². The first-order chi connectivity index (χ1) is 15.7. The lowest BCUT2D eigenvalue weighted by molar-refractivity contribution is -0.139. The molecule has 0 radical (unpaired) electrons. The van der Waals surface area contributed by atoms with Crippen LogP contribution in [0.1, 0.15) is 69.2 Å². The average molecular weight is 472 g/mol. The molecule has 0 bridgehead atoms. The highest BCUT2D eigenvalue weighted by Crippen LogP contribution is 2.42. The average Bonchev–Trinajstić information content (AvgIpc) is 3.04. The summed E-state index contributed by atoms with van der Waals surface area (Å²) < 4.78 is 5.71. The summed E-state index contributed by atoms with van der Waals surface area (Å²) in [6, 6.07) is 9.01. The van der Waals surface area contributed by atoms with Crippen molar-refractivity contribution < 1.29 is 24.5 Å². The molecule has 1 fully saturated rings. The molecular formula is C26H30ClNO5. The molecule has 2 aromatic rings. The first kappa shape index (κ1) is 24.6. The van der Waals surface area contributed by atoms with Gasteiger partial charge in [0, 0.05) is 12.1 Å². The number of hydrogen-bond acceptors (Lipinski definition) is 5. The van der Waals surface area contributed by atoms with Crippen LogP contribution in [0, 0.1) is 0 Å². The molecule has 1 amide bonds. The Morgan fingerprint density at radius 3 is 2.48 bits per heavy atom. The van der Waals surface area contributed by atoms with Crippen molar-refractivity contribution in [1.29, 1.82) is 0 Å². The van der Waals surface area contributed by atoms with E-state index in [4.69, 9.17) is 16.3 Å². The number of likely N-dealkylation sites (tertiary alicyclic amines) is 1. The van der Waals surface area contributed by atoms with Gasteiger partial charge in [0.15, 0.2) is 0 Å². The van der Waals surface area contributed by atoms with Crippen molar-refractivity contribution in [2.45, 2.75) is 52.5 Å². The van der Waals surface area contributed by atoms with Crippen molar-refractivity contribution in [3.8, 4) is 11.5 Å². The van der Waals surface area contributed by atoms with Crippen LogP contribution in [-0.4, -0.2) is 40.0 Å². The number of phenols is 1. The number of aliphatic hydroxyl groups is 1. The van der Waals surface area contributed by atoms with Gasteiger partial charge in [0.05, 0.1) is 23.2 Å². The molecular weight excluding hydrogens is 442 g/mol. The second kappa shape index (κ2) is 10.3. The Hall–Kier alpha value is -2.99. The van der Waals surface area contributed by atoms with E-state index < -0.39 is 17.7 Å². The number of hydrogen-bond donors (Lipinski definition) is 2. The minimum Gasteiger partial charge on any atom is -0.507 e. The van der Waals surface area contributed by atoms with Gasteiger partial charge in [-0.05, 0) is 60.7 Å². The summed E-state index contributed by atoms with van der Waals surface area (Å²) in [6.07, 6.45) is 1.54. The minimum atomic E-state index is -0.802. The molecule has 6 nitrogen and oxygen atoms in total. The molecule has 0 saturated carbocycles. The zero-order chi connectivity index (χ0) is 24.3. The lowest BCUT2D eigenvalue weighted by atomic mass is 9.93. The highest BCUT2D eigenvalue weighted by atomic mass is 35.5. The second-order valence-electron chi connectivity index (χ2n) is 8.40. The van der Waals surface area contributed by atoms with Gasteiger partial charge in [0.2, 0.25) is 0 Å². The van der Waals surface area contributed by atoms with Gasteiger partial charge >= 0.3 is 0 Å². The van der Waals surface area contributed by atoms with Crippen LogP contribution in [0.15, 0.2) is 42.0 Å². The molecule has 3 rings (SSSR count). The maximum Gasteiger partial charge on any atom is 0.295 e. The summed E-state index contributed by atoms with van der Waals surface area (Å²) in [7, 11) is 0. The van der Waals surface area contributed by atoms with Crippen LogP contribution in [-0.2, 0) is 9.59 Å². The molecule has 0 spiro atoms. The Balaban J connectivity index is 2.19. The summed E-state index contributed by atoms with van der Waals surface area (Å²) in [6.45, 7) is 8.80. The Morgan fingerprint density at radius 1 is 1.15 bits per heavy atom. The molecule has 0 aromatic heterocycles. The predicted molar refractivity (Wildman–Crippen MR) is 129 cm³/mol. The van der Waals surface area contributed by atoms with E-state index in [1.807, 2.05) is 27.7 Å². The first-order valence-corrected chi connectivity index (χ1v) is 11.6. The Kier molecular flexibility index (Phi) is 7.69. The van der Waals surface area contributed by atoms with Crippen molar-refractivity contribution in [2.75, 3.05) is 13.2 Å². The van der Waals surface area contributed by atoms with Crippen molar-refractivity contribution in [1.82, 2.24) is 4.90 Å². The summed E-state index contributed by atoms with van der Waals surface area (Å²) in [5.41, 5.74) is 1.89. The van der Waals surface area contributed by atoms with Gasteiger partial charge in [0.25, 0.3) is 11.7 Å². The predicted octanol–water partition coefficient (Wildman–Crippen LogP) is 5.79. The van der Waals surface area contributed by atoms with Gasteiger partial charge in [-0.3, -0.25) is 9.59 Å². The molecule has 1 unspecified atom stereocenters. The van der Waals surface area contributed by atoms with Crippen molar-refractivity contribution in [3.05, 3.63) is 63.7 Å². The molecule has 1 saturated heterocycles. The number of amides is 1. The number of phenolic OH excluding ortho intramolecular Hbond substituents is 1. The van der Waals surface area contributed by atoms with E-state index in [2.05, 4.69) is 0 Å². The number of aliphatic hydroxyl groups excluding tert-OH is 1. The SMILES string of the molecule is CCCCN1C(=O)C(=O)/C(=C(\O)c2ccc(OCC)c(C(C)C)c2)C1c1ccc(O)c(Cl)c1. The van der Waals surface area contributed by atoms with E-state index >= 15 is 0 Å². The molecule has 33 heavy (non-hydrogen) atoms. The lowest BCUT2D eigenvalue weighted by Gasteiger charge is -2.25. The molecule has 1 heterocycles. The van der Waals surface area contributed by atoms with Gasteiger partial charge in [-0.1, -0.05) is 44.9 Å². The third-order valence-corrected chi connectivity index (χ3v) is 6.09. The molecule has 1 atom stereocenters. The number of benzene rings is 2. The number of unbranched alkanes of at least 4 members (excludes halogenated alkanes) is 1. The van der Waals surface area contributed by atoms with Crippen LogP contribution in [0.3, 0.4) is 0 Å². The largest absolute Gasteiger partial charge is 0.507 e. The summed E-state index contributed by atoms with van der Waals surface area (Å²) in [4.78, 5) is 27.5. The zero-order valence-corrected chi connectivity index (χ0v) is 20.1. The lowest BCUT2D eigenvalue weighted by Crippen LogP contribution is -2.30. The van der Waals surface area contributed by atoms with Crippen molar-refractivity contribution in [3.63, 3.8) is 0 Å². The molecule has 1 aliphatic rings. The maximum absolute atomic E-state index is 13.1. The first-order valence-electron chi connectivity index (χ1n) is 11.2. The molecule has 7 heteroatoms. The van der Waals surface area contributed by atoms with Crippen molar-refractivity contribution >= 4 is 29.1 Å². The van der Waals surface area contributed by atoms with Crippen LogP contribution in [0.2, 0.25) is 5.02 Å². The number of halogens is 1. The van der Waals surface area contributed by atoms with Crippen LogP contribution < -0.4 is 4.74 Å². The fourth-order valence-corrected chi connectivity index (χ4v) is 4.26. The van der Waals surface area contributed by atoms with Gasteiger partial charge in [0.1, 0.15) is 17.3 Å². The normalized spacial score (nSPS) is 17.8. The third-order valence-electron chi connectivity index (χ3n) is 5.79. The fraction of sp³-hybridized carbons (Fsp3) is 0.385. The molecule has 2 aromatic carbocycles. The van der Waals surface area contributed by atoms with Gasteiger partial charge < -0.3 is 19.8 Å². The van der Waals surface area contributed by atoms with Crippen LogP contribution in [0.4, 0.5) is 0 Å².